The maximum atomic E-state index is 12.3. The van der Waals surface area contributed by atoms with E-state index in [0.29, 0.717) is 18.0 Å². The summed E-state index contributed by atoms with van der Waals surface area (Å²) in [6.07, 6.45) is 0. The Morgan fingerprint density at radius 3 is 2.50 bits per heavy atom. The Balaban J connectivity index is 2.26. The molecule has 2 aromatic carbocycles. The molecule has 0 saturated carbocycles. The lowest BCUT2D eigenvalue weighted by molar-refractivity contribution is 0.338. The lowest BCUT2D eigenvalue weighted by Crippen LogP contribution is -2.16. The number of nitrogens with one attached hydrogen (secondary N) is 1. The molecule has 0 saturated heterocycles. The predicted molar refractivity (Wildman–Crippen MR) is 92.7 cm³/mol. The van der Waals surface area contributed by atoms with Gasteiger partial charge < -0.3 is 4.74 Å². The van der Waals surface area contributed by atoms with E-state index in [9.17, 15) is 8.42 Å². The van der Waals surface area contributed by atoms with Crippen LogP contribution in [0.25, 0.3) is 0 Å². The molecule has 118 valence electrons. The molecular formula is C16H18BrNO3S. The molecule has 1 N–H and O–H groups in total. The number of halogens is 1. The van der Waals surface area contributed by atoms with Crippen molar-refractivity contribution in [2.24, 2.45) is 0 Å². The minimum absolute atomic E-state index is 0.0657. The van der Waals surface area contributed by atoms with Crippen LogP contribution in [-0.2, 0) is 15.8 Å². The molecule has 0 aliphatic heterocycles. The van der Waals surface area contributed by atoms with Crippen molar-refractivity contribution < 1.29 is 13.2 Å². The normalized spacial score (nSPS) is 11.2. The van der Waals surface area contributed by atoms with Gasteiger partial charge in [0.25, 0.3) is 0 Å². The van der Waals surface area contributed by atoms with Crippen LogP contribution in [0.1, 0.15) is 18.1 Å². The molecule has 2 rings (SSSR count). The van der Waals surface area contributed by atoms with Crippen molar-refractivity contribution in [3.05, 3.63) is 58.1 Å². The first-order chi connectivity index (χ1) is 10.4. The van der Waals surface area contributed by atoms with Gasteiger partial charge in [0, 0.05) is 10.0 Å². The van der Waals surface area contributed by atoms with E-state index in [0.717, 1.165) is 15.6 Å². The molecule has 0 atom stereocenters. The first-order valence-corrected chi connectivity index (χ1v) is 9.33. The van der Waals surface area contributed by atoms with Crippen LogP contribution in [0, 0.1) is 6.92 Å². The standard InChI is InChI=1S/C16H18BrNO3S/c1-3-21-16-10-14(17)9-15(12(16)2)18-22(19,20)11-13-7-5-4-6-8-13/h4-10,18H,3,11H2,1-2H3. The average molecular weight is 384 g/mol. The Hall–Kier alpha value is -1.53. The molecular weight excluding hydrogens is 366 g/mol. The predicted octanol–water partition coefficient (Wildman–Crippen LogP) is 4.10. The first kappa shape index (κ1) is 16.8. The van der Waals surface area contributed by atoms with Crippen LogP contribution in [0.15, 0.2) is 46.9 Å². The average Bonchev–Trinajstić information content (AvgIpc) is 2.44. The molecule has 0 heterocycles. The monoisotopic (exact) mass is 383 g/mol. The summed E-state index contributed by atoms with van der Waals surface area (Å²) in [5.74, 6) is 0.596. The van der Waals surface area contributed by atoms with Gasteiger partial charge in [-0.15, -0.1) is 0 Å². The minimum Gasteiger partial charge on any atom is -0.493 e. The van der Waals surface area contributed by atoms with Crippen molar-refractivity contribution in [2.75, 3.05) is 11.3 Å². The zero-order valence-corrected chi connectivity index (χ0v) is 14.9. The molecule has 0 spiro atoms. The third kappa shape index (κ3) is 4.48. The summed E-state index contributed by atoms with van der Waals surface area (Å²) in [5, 5.41) is 0. The lowest BCUT2D eigenvalue weighted by atomic mass is 10.2. The van der Waals surface area contributed by atoms with E-state index < -0.39 is 10.0 Å². The number of sulfonamides is 1. The van der Waals surface area contributed by atoms with E-state index in [-0.39, 0.29) is 5.75 Å². The SMILES string of the molecule is CCOc1cc(Br)cc(NS(=O)(=O)Cc2ccccc2)c1C. The fraction of sp³-hybridized carbons (Fsp3) is 0.250. The Morgan fingerprint density at radius 2 is 1.86 bits per heavy atom. The number of benzene rings is 2. The molecule has 0 amide bonds. The molecule has 0 aromatic heterocycles. The lowest BCUT2D eigenvalue weighted by Gasteiger charge is -2.15. The van der Waals surface area contributed by atoms with Gasteiger partial charge in [-0.25, -0.2) is 8.42 Å². The second kappa shape index (κ2) is 7.15. The van der Waals surface area contributed by atoms with Gasteiger partial charge >= 0.3 is 0 Å². The zero-order chi connectivity index (χ0) is 16.2. The Labute approximate surface area is 139 Å². The van der Waals surface area contributed by atoms with E-state index in [2.05, 4.69) is 20.7 Å². The largest absolute Gasteiger partial charge is 0.493 e. The molecule has 0 fully saturated rings. The Morgan fingerprint density at radius 1 is 1.18 bits per heavy atom. The zero-order valence-electron chi connectivity index (χ0n) is 12.5. The highest BCUT2D eigenvalue weighted by atomic mass is 79.9. The Kier molecular flexibility index (Phi) is 5.47. The van der Waals surface area contributed by atoms with Crippen LogP contribution in [0.3, 0.4) is 0 Å². The maximum absolute atomic E-state index is 12.3. The van der Waals surface area contributed by atoms with Gasteiger partial charge in [0.2, 0.25) is 10.0 Å². The second-order valence-electron chi connectivity index (χ2n) is 4.86. The van der Waals surface area contributed by atoms with Crippen LogP contribution in [0.5, 0.6) is 5.75 Å². The van der Waals surface area contributed by atoms with Gasteiger partial charge in [-0.3, -0.25) is 4.72 Å². The maximum Gasteiger partial charge on any atom is 0.236 e. The van der Waals surface area contributed by atoms with E-state index in [1.54, 1.807) is 18.2 Å². The molecule has 4 nitrogen and oxygen atoms in total. The topological polar surface area (TPSA) is 55.4 Å². The molecule has 6 heteroatoms. The van der Waals surface area contributed by atoms with E-state index >= 15 is 0 Å². The van der Waals surface area contributed by atoms with Crippen molar-refractivity contribution >= 4 is 31.6 Å². The van der Waals surface area contributed by atoms with Gasteiger partial charge in [-0.1, -0.05) is 46.3 Å². The van der Waals surface area contributed by atoms with Crippen LogP contribution in [-0.4, -0.2) is 15.0 Å². The van der Waals surface area contributed by atoms with E-state index in [1.165, 1.54) is 0 Å². The number of ether oxygens (including phenoxy) is 1. The molecule has 2 aromatic rings. The van der Waals surface area contributed by atoms with Crippen LogP contribution in [0.2, 0.25) is 0 Å². The van der Waals surface area contributed by atoms with Gasteiger partial charge in [-0.05, 0) is 31.5 Å². The van der Waals surface area contributed by atoms with E-state index in [4.69, 9.17) is 4.74 Å². The molecule has 0 aliphatic rings. The van der Waals surface area contributed by atoms with Crippen molar-refractivity contribution in [2.45, 2.75) is 19.6 Å². The van der Waals surface area contributed by atoms with Gasteiger partial charge in [0.05, 0.1) is 18.0 Å². The van der Waals surface area contributed by atoms with Crippen molar-refractivity contribution in [3.63, 3.8) is 0 Å². The number of hydrogen-bond acceptors (Lipinski definition) is 3. The van der Waals surface area contributed by atoms with Gasteiger partial charge in [-0.2, -0.15) is 0 Å². The molecule has 22 heavy (non-hydrogen) atoms. The summed E-state index contributed by atoms with van der Waals surface area (Å²) >= 11 is 3.38. The summed E-state index contributed by atoms with van der Waals surface area (Å²) in [6.45, 7) is 4.24. The fourth-order valence-electron chi connectivity index (χ4n) is 2.06. The molecule has 0 radical (unpaired) electrons. The van der Waals surface area contributed by atoms with Gasteiger partial charge in [0.1, 0.15) is 5.75 Å². The van der Waals surface area contributed by atoms with Crippen LogP contribution >= 0.6 is 15.9 Å². The van der Waals surface area contributed by atoms with Crippen LogP contribution in [0.4, 0.5) is 5.69 Å². The smallest absolute Gasteiger partial charge is 0.236 e. The summed E-state index contributed by atoms with van der Waals surface area (Å²) in [6, 6.07) is 12.6. The van der Waals surface area contributed by atoms with Crippen molar-refractivity contribution in [1.29, 1.82) is 0 Å². The number of rotatable bonds is 6. The summed E-state index contributed by atoms with van der Waals surface area (Å²) in [5.41, 5.74) is 2.03. The first-order valence-electron chi connectivity index (χ1n) is 6.88. The summed E-state index contributed by atoms with van der Waals surface area (Å²) in [4.78, 5) is 0. The number of hydrogen-bond donors (Lipinski definition) is 1. The third-order valence-corrected chi connectivity index (χ3v) is 4.79. The van der Waals surface area contributed by atoms with Gasteiger partial charge in [0.15, 0.2) is 0 Å². The molecule has 0 aliphatic carbocycles. The highest BCUT2D eigenvalue weighted by Gasteiger charge is 2.15. The quantitative estimate of drug-likeness (QED) is 0.816. The fourth-order valence-corrected chi connectivity index (χ4v) is 3.75. The Bertz CT molecular complexity index is 745. The number of anilines is 1. The second-order valence-corrected chi connectivity index (χ2v) is 7.49. The summed E-state index contributed by atoms with van der Waals surface area (Å²) in [7, 11) is -3.49. The highest BCUT2D eigenvalue weighted by Crippen LogP contribution is 2.31. The highest BCUT2D eigenvalue weighted by molar-refractivity contribution is 9.10. The van der Waals surface area contributed by atoms with E-state index in [1.807, 2.05) is 38.1 Å². The van der Waals surface area contributed by atoms with Crippen LogP contribution < -0.4 is 9.46 Å². The minimum atomic E-state index is -3.49. The molecule has 0 bridgehead atoms. The van der Waals surface area contributed by atoms with Crippen molar-refractivity contribution in [3.8, 4) is 5.75 Å². The third-order valence-electron chi connectivity index (χ3n) is 3.09. The van der Waals surface area contributed by atoms with Crippen molar-refractivity contribution in [1.82, 2.24) is 0 Å². The summed E-state index contributed by atoms with van der Waals surface area (Å²) < 4.78 is 33.6. The molecule has 0 unspecified atom stereocenters.